The van der Waals surface area contributed by atoms with Crippen molar-refractivity contribution in [2.75, 3.05) is 23.3 Å². The summed E-state index contributed by atoms with van der Waals surface area (Å²) in [5, 5.41) is 15.0. The molecule has 0 spiro atoms. The summed E-state index contributed by atoms with van der Waals surface area (Å²) in [5.41, 5.74) is 2.44. The molecule has 0 aliphatic carbocycles. The van der Waals surface area contributed by atoms with E-state index in [4.69, 9.17) is 11.6 Å². The Bertz CT molecular complexity index is 953. The summed E-state index contributed by atoms with van der Waals surface area (Å²) in [7, 11) is 1.90. The highest BCUT2D eigenvalue weighted by atomic mass is 35.5. The van der Waals surface area contributed by atoms with E-state index in [1.807, 2.05) is 31.7 Å². The van der Waals surface area contributed by atoms with Crippen molar-refractivity contribution in [2.24, 2.45) is 7.05 Å². The number of piperidine rings is 1. The molecule has 146 valence electrons. The van der Waals surface area contributed by atoms with Crippen LogP contribution in [0.15, 0.2) is 49.1 Å². The van der Waals surface area contributed by atoms with Gasteiger partial charge in [-0.25, -0.2) is 9.48 Å². The molecule has 0 bridgehead atoms. The SMILES string of the molecule is Cn1cc(N2CCC[C@@H](NC(=O)Nc3ccc(Cl)cc3-n3cccn3)C2)cn1. The van der Waals surface area contributed by atoms with E-state index in [1.54, 1.807) is 33.8 Å². The number of anilines is 2. The highest BCUT2D eigenvalue weighted by Crippen LogP contribution is 2.24. The predicted molar refractivity (Wildman–Crippen MR) is 109 cm³/mol. The predicted octanol–water partition coefficient (Wildman–Crippen LogP) is 3.05. The number of hydrogen-bond donors (Lipinski definition) is 2. The van der Waals surface area contributed by atoms with E-state index in [9.17, 15) is 4.79 Å². The molecule has 1 aliphatic rings. The van der Waals surface area contributed by atoms with E-state index in [-0.39, 0.29) is 12.1 Å². The number of halogens is 1. The van der Waals surface area contributed by atoms with Gasteiger partial charge in [-0.3, -0.25) is 4.68 Å². The lowest BCUT2D eigenvalue weighted by Crippen LogP contribution is -2.49. The summed E-state index contributed by atoms with van der Waals surface area (Å²) in [6, 6.07) is 6.94. The molecule has 1 saturated heterocycles. The first-order chi connectivity index (χ1) is 13.6. The van der Waals surface area contributed by atoms with Crippen molar-refractivity contribution in [3.8, 4) is 5.69 Å². The second-order valence-electron chi connectivity index (χ2n) is 6.87. The fourth-order valence-electron chi connectivity index (χ4n) is 3.46. The number of benzene rings is 1. The minimum atomic E-state index is -0.242. The number of nitrogens with one attached hydrogen (secondary N) is 2. The van der Waals surface area contributed by atoms with Gasteiger partial charge < -0.3 is 15.5 Å². The average Bonchev–Trinajstić information content (AvgIpc) is 3.35. The number of hydrogen-bond acceptors (Lipinski definition) is 4. The van der Waals surface area contributed by atoms with Crippen molar-refractivity contribution in [3.05, 3.63) is 54.1 Å². The van der Waals surface area contributed by atoms with Crippen molar-refractivity contribution in [1.29, 1.82) is 0 Å². The third kappa shape index (κ3) is 4.12. The van der Waals surface area contributed by atoms with E-state index >= 15 is 0 Å². The smallest absolute Gasteiger partial charge is 0.319 e. The monoisotopic (exact) mass is 399 g/mol. The van der Waals surface area contributed by atoms with Crippen LogP contribution in [0.25, 0.3) is 5.69 Å². The zero-order valence-electron chi connectivity index (χ0n) is 15.5. The molecule has 3 aromatic rings. The van der Waals surface area contributed by atoms with Crippen molar-refractivity contribution in [2.45, 2.75) is 18.9 Å². The molecule has 2 N–H and O–H groups in total. The Morgan fingerprint density at radius 1 is 1.32 bits per heavy atom. The van der Waals surface area contributed by atoms with Gasteiger partial charge in [0.05, 0.1) is 23.3 Å². The van der Waals surface area contributed by atoms with Crippen LogP contribution in [-0.2, 0) is 7.05 Å². The summed E-state index contributed by atoms with van der Waals surface area (Å²) < 4.78 is 3.46. The van der Waals surface area contributed by atoms with E-state index < -0.39 is 0 Å². The fourth-order valence-corrected chi connectivity index (χ4v) is 3.62. The number of rotatable bonds is 4. The van der Waals surface area contributed by atoms with Crippen LogP contribution in [0.3, 0.4) is 0 Å². The summed E-state index contributed by atoms with van der Waals surface area (Å²) in [6.07, 6.45) is 9.29. The lowest BCUT2D eigenvalue weighted by Gasteiger charge is -2.33. The number of aromatic nitrogens is 4. The van der Waals surface area contributed by atoms with Gasteiger partial charge in [-0.2, -0.15) is 10.2 Å². The van der Waals surface area contributed by atoms with Crippen molar-refractivity contribution < 1.29 is 4.79 Å². The Morgan fingerprint density at radius 2 is 2.21 bits per heavy atom. The minimum absolute atomic E-state index is 0.0643. The van der Waals surface area contributed by atoms with Gasteiger partial charge in [0, 0.05) is 49.8 Å². The molecule has 0 unspecified atom stereocenters. The second-order valence-corrected chi connectivity index (χ2v) is 7.30. The normalized spacial score (nSPS) is 16.8. The van der Waals surface area contributed by atoms with E-state index in [0.29, 0.717) is 16.4 Å². The van der Waals surface area contributed by atoms with Crippen LogP contribution in [0.1, 0.15) is 12.8 Å². The minimum Gasteiger partial charge on any atom is -0.367 e. The number of nitrogens with zero attached hydrogens (tertiary/aromatic N) is 5. The molecular formula is C19H22ClN7O. The summed E-state index contributed by atoms with van der Waals surface area (Å²) in [4.78, 5) is 14.9. The molecule has 8 nitrogen and oxygen atoms in total. The average molecular weight is 400 g/mol. The molecule has 1 atom stereocenters. The molecule has 1 aliphatic heterocycles. The Labute approximate surface area is 168 Å². The number of aryl methyl sites for hydroxylation is 1. The lowest BCUT2D eigenvalue weighted by molar-refractivity contribution is 0.246. The van der Waals surface area contributed by atoms with Gasteiger partial charge >= 0.3 is 6.03 Å². The first kappa shape index (κ1) is 18.4. The second kappa shape index (κ2) is 7.93. The lowest BCUT2D eigenvalue weighted by atomic mass is 10.1. The highest BCUT2D eigenvalue weighted by Gasteiger charge is 2.22. The van der Waals surface area contributed by atoms with Gasteiger partial charge in [-0.15, -0.1) is 0 Å². The molecule has 0 radical (unpaired) electrons. The Kier molecular flexibility index (Phi) is 5.21. The Morgan fingerprint density at radius 3 is 2.96 bits per heavy atom. The number of urea groups is 1. The maximum absolute atomic E-state index is 12.6. The molecule has 1 fully saturated rings. The molecule has 2 amide bonds. The van der Waals surface area contributed by atoms with Crippen LogP contribution in [0, 0.1) is 0 Å². The topological polar surface area (TPSA) is 80.0 Å². The Hall–Kier alpha value is -3.00. The van der Waals surface area contributed by atoms with Crippen LogP contribution in [0.5, 0.6) is 0 Å². The summed E-state index contributed by atoms with van der Waals surface area (Å²) >= 11 is 6.12. The van der Waals surface area contributed by atoms with Gasteiger partial charge in [-0.05, 0) is 37.1 Å². The van der Waals surface area contributed by atoms with Crippen molar-refractivity contribution in [1.82, 2.24) is 24.9 Å². The van der Waals surface area contributed by atoms with Crippen LogP contribution in [0.4, 0.5) is 16.2 Å². The highest BCUT2D eigenvalue weighted by molar-refractivity contribution is 6.30. The number of amides is 2. The van der Waals surface area contributed by atoms with Gasteiger partial charge in [0.25, 0.3) is 0 Å². The first-order valence-electron chi connectivity index (χ1n) is 9.19. The van der Waals surface area contributed by atoms with Gasteiger partial charge in [0.15, 0.2) is 0 Å². The summed E-state index contributed by atoms with van der Waals surface area (Å²) in [6.45, 7) is 1.72. The first-order valence-corrected chi connectivity index (χ1v) is 9.57. The number of carbonyl (C=O) groups is 1. The van der Waals surface area contributed by atoms with Crippen molar-refractivity contribution in [3.63, 3.8) is 0 Å². The molecule has 9 heteroatoms. The van der Waals surface area contributed by atoms with Gasteiger partial charge in [0.2, 0.25) is 0 Å². The maximum Gasteiger partial charge on any atom is 0.319 e. The molecule has 0 saturated carbocycles. The molecule has 4 rings (SSSR count). The van der Waals surface area contributed by atoms with Crippen LogP contribution >= 0.6 is 11.6 Å². The third-order valence-corrected chi connectivity index (χ3v) is 5.01. The van der Waals surface area contributed by atoms with Crippen LogP contribution in [0.2, 0.25) is 5.02 Å². The van der Waals surface area contributed by atoms with E-state index in [0.717, 1.165) is 31.6 Å². The molecule has 1 aromatic carbocycles. The molecule has 3 heterocycles. The Balaban J connectivity index is 1.42. The van der Waals surface area contributed by atoms with E-state index in [2.05, 4.69) is 25.7 Å². The molecular weight excluding hydrogens is 378 g/mol. The molecule has 2 aromatic heterocycles. The maximum atomic E-state index is 12.6. The summed E-state index contributed by atoms with van der Waals surface area (Å²) in [5.74, 6) is 0. The zero-order valence-corrected chi connectivity index (χ0v) is 16.3. The largest absolute Gasteiger partial charge is 0.367 e. The van der Waals surface area contributed by atoms with Gasteiger partial charge in [-0.1, -0.05) is 11.6 Å². The third-order valence-electron chi connectivity index (χ3n) is 4.77. The van der Waals surface area contributed by atoms with Crippen molar-refractivity contribution >= 4 is 29.0 Å². The van der Waals surface area contributed by atoms with Crippen LogP contribution in [-0.4, -0.2) is 44.7 Å². The quantitative estimate of drug-likeness (QED) is 0.706. The zero-order chi connectivity index (χ0) is 19.5. The fraction of sp³-hybridized carbons (Fsp3) is 0.316. The van der Waals surface area contributed by atoms with E-state index in [1.165, 1.54) is 0 Å². The number of carbonyl (C=O) groups excluding carboxylic acids is 1. The molecule has 28 heavy (non-hydrogen) atoms. The van der Waals surface area contributed by atoms with Crippen LogP contribution < -0.4 is 15.5 Å². The van der Waals surface area contributed by atoms with Gasteiger partial charge in [0.1, 0.15) is 0 Å². The standard InChI is InChI=1S/C19H22ClN7O/c1-25-13-16(11-22-25)26-8-2-4-15(12-26)23-19(28)24-17-6-5-14(20)10-18(17)27-9-3-7-21-27/h3,5-7,9-11,13,15H,2,4,8,12H2,1H3,(H2,23,24,28)/t15-/m1/s1.